The van der Waals surface area contributed by atoms with Gasteiger partial charge in [0.05, 0.1) is 0 Å². The van der Waals surface area contributed by atoms with Gasteiger partial charge in [-0.3, -0.25) is 4.79 Å². The van der Waals surface area contributed by atoms with Gasteiger partial charge in [0.1, 0.15) is 0 Å². The molecule has 1 N–H and O–H groups in total. The molecule has 0 bridgehead atoms. The smallest absolute Gasteiger partial charge is 0.371 e. The summed E-state index contributed by atoms with van der Waals surface area (Å²) >= 11 is 0. The van der Waals surface area contributed by atoms with E-state index in [-0.39, 0.29) is 23.5 Å². The van der Waals surface area contributed by atoms with E-state index in [4.69, 9.17) is 9.52 Å². The maximum absolute atomic E-state index is 11.8. The van der Waals surface area contributed by atoms with Crippen LogP contribution in [0.15, 0.2) is 16.5 Å². The van der Waals surface area contributed by atoms with Gasteiger partial charge < -0.3 is 14.4 Å². The van der Waals surface area contributed by atoms with Crippen molar-refractivity contribution in [2.75, 3.05) is 7.05 Å². The molecule has 1 aromatic rings. The van der Waals surface area contributed by atoms with E-state index < -0.39 is 5.97 Å². The zero-order chi connectivity index (χ0) is 12.3. The largest absolute Gasteiger partial charge is 0.475 e. The van der Waals surface area contributed by atoms with Crippen molar-refractivity contribution >= 4 is 11.9 Å². The minimum Gasteiger partial charge on any atom is -0.475 e. The van der Waals surface area contributed by atoms with Crippen LogP contribution in [0.2, 0.25) is 0 Å². The van der Waals surface area contributed by atoms with E-state index in [0.717, 1.165) is 6.42 Å². The van der Waals surface area contributed by atoms with E-state index in [0.29, 0.717) is 0 Å². The van der Waals surface area contributed by atoms with Crippen molar-refractivity contribution in [3.63, 3.8) is 0 Å². The molecule has 0 saturated carbocycles. The second kappa shape index (κ2) is 4.83. The Kier molecular flexibility index (Phi) is 3.71. The average Bonchev–Trinajstić information content (AvgIpc) is 2.75. The molecule has 0 aliphatic rings. The van der Waals surface area contributed by atoms with Crippen LogP contribution in [-0.2, 0) is 0 Å². The fourth-order valence-electron chi connectivity index (χ4n) is 1.22. The third-order valence-electron chi connectivity index (χ3n) is 2.60. The van der Waals surface area contributed by atoms with Crippen LogP contribution in [0.5, 0.6) is 0 Å². The molecule has 0 spiro atoms. The van der Waals surface area contributed by atoms with Crippen molar-refractivity contribution < 1.29 is 19.1 Å². The number of hydrogen-bond acceptors (Lipinski definition) is 3. The Balaban J connectivity index is 2.84. The summed E-state index contributed by atoms with van der Waals surface area (Å²) in [6.07, 6.45) is 0.828. The predicted molar refractivity (Wildman–Crippen MR) is 57.5 cm³/mol. The number of rotatable bonds is 4. The zero-order valence-electron chi connectivity index (χ0n) is 9.56. The van der Waals surface area contributed by atoms with Crippen LogP contribution in [-0.4, -0.2) is 35.0 Å². The lowest BCUT2D eigenvalue weighted by Gasteiger charge is -2.22. The fourth-order valence-corrected chi connectivity index (χ4v) is 1.22. The van der Waals surface area contributed by atoms with Gasteiger partial charge in [-0.25, -0.2) is 4.79 Å². The zero-order valence-corrected chi connectivity index (χ0v) is 9.56. The summed E-state index contributed by atoms with van der Waals surface area (Å²) in [6.45, 7) is 3.89. The van der Waals surface area contributed by atoms with Gasteiger partial charge in [-0.1, -0.05) is 6.92 Å². The topological polar surface area (TPSA) is 70.8 Å². The maximum Gasteiger partial charge on any atom is 0.371 e. The molecule has 0 aliphatic carbocycles. The molecule has 5 heteroatoms. The molecule has 88 valence electrons. The summed E-state index contributed by atoms with van der Waals surface area (Å²) in [4.78, 5) is 23.9. The van der Waals surface area contributed by atoms with Crippen molar-refractivity contribution in [1.29, 1.82) is 0 Å². The maximum atomic E-state index is 11.8. The van der Waals surface area contributed by atoms with Crippen molar-refractivity contribution in [2.24, 2.45) is 0 Å². The SMILES string of the molecule is CCC(C)N(C)C(=O)c1ccc(C(=O)O)o1. The summed E-state index contributed by atoms with van der Waals surface area (Å²) < 4.78 is 4.93. The lowest BCUT2D eigenvalue weighted by molar-refractivity contribution is 0.0647. The summed E-state index contributed by atoms with van der Waals surface area (Å²) in [6, 6.07) is 2.75. The molecule has 1 atom stereocenters. The van der Waals surface area contributed by atoms with Gasteiger partial charge in [-0.2, -0.15) is 0 Å². The monoisotopic (exact) mass is 225 g/mol. The molecule has 1 unspecified atom stereocenters. The van der Waals surface area contributed by atoms with E-state index >= 15 is 0 Å². The number of carbonyl (C=O) groups excluding carboxylic acids is 1. The normalized spacial score (nSPS) is 12.2. The molecular weight excluding hydrogens is 210 g/mol. The molecule has 1 rings (SSSR count). The number of amides is 1. The molecule has 1 heterocycles. The molecule has 0 saturated heterocycles. The Hall–Kier alpha value is -1.78. The van der Waals surface area contributed by atoms with E-state index in [9.17, 15) is 9.59 Å². The van der Waals surface area contributed by atoms with Gasteiger partial charge in [0, 0.05) is 13.1 Å². The quantitative estimate of drug-likeness (QED) is 0.848. The van der Waals surface area contributed by atoms with Crippen LogP contribution in [0, 0.1) is 0 Å². The molecule has 0 aliphatic heterocycles. The first kappa shape index (κ1) is 12.3. The van der Waals surface area contributed by atoms with Gasteiger partial charge >= 0.3 is 5.97 Å². The van der Waals surface area contributed by atoms with Gasteiger partial charge in [-0.15, -0.1) is 0 Å². The van der Waals surface area contributed by atoms with Crippen LogP contribution in [0.1, 0.15) is 41.4 Å². The molecule has 0 radical (unpaired) electrons. The van der Waals surface area contributed by atoms with E-state index in [2.05, 4.69) is 0 Å². The number of aromatic carboxylic acids is 1. The third-order valence-corrected chi connectivity index (χ3v) is 2.60. The van der Waals surface area contributed by atoms with Gasteiger partial charge in [0.15, 0.2) is 5.76 Å². The highest BCUT2D eigenvalue weighted by Gasteiger charge is 2.20. The Morgan fingerprint density at radius 1 is 1.44 bits per heavy atom. The predicted octanol–water partition coefficient (Wildman–Crippen LogP) is 1.85. The standard InChI is InChI=1S/C11H15NO4/c1-4-7(2)12(3)10(13)8-5-6-9(16-8)11(14)15/h5-7H,4H2,1-3H3,(H,14,15). The van der Waals surface area contributed by atoms with E-state index in [1.165, 1.54) is 17.0 Å². The van der Waals surface area contributed by atoms with Crippen LogP contribution < -0.4 is 0 Å². The van der Waals surface area contributed by atoms with Crippen LogP contribution in [0.3, 0.4) is 0 Å². The lowest BCUT2D eigenvalue weighted by atomic mass is 10.2. The summed E-state index contributed by atoms with van der Waals surface area (Å²) in [7, 11) is 1.67. The number of furan rings is 1. The highest BCUT2D eigenvalue weighted by atomic mass is 16.4. The first-order chi connectivity index (χ1) is 7.47. The van der Waals surface area contributed by atoms with Gasteiger partial charge in [0.2, 0.25) is 5.76 Å². The van der Waals surface area contributed by atoms with Gasteiger partial charge in [0.25, 0.3) is 5.91 Å². The molecular formula is C11H15NO4. The second-order valence-corrected chi connectivity index (χ2v) is 3.64. The minimum absolute atomic E-state index is 0.0557. The Bertz CT molecular complexity index is 396. The third kappa shape index (κ3) is 2.42. The Labute approximate surface area is 93.7 Å². The van der Waals surface area contributed by atoms with E-state index in [1.807, 2.05) is 13.8 Å². The second-order valence-electron chi connectivity index (χ2n) is 3.64. The number of hydrogen-bond donors (Lipinski definition) is 1. The number of carboxylic acids is 1. The van der Waals surface area contributed by atoms with Crippen LogP contribution in [0.25, 0.3) is 0 Å². The van der Waals surface area contributed by atoms with Crippen molar-refractivity contribution in [2.45, 2.75) is 26.3 Å². The molecule has 1 aromatic heterocycles. The highest BCUT2D eigenvalue weighted by molar-refractivity contribution is 5.93. The summed E-state index contributed by atoms with van der Waals surface area (Å²) in [5.74, 6) is -1.65. The number of carboxylic acid groups (broad SMARTS) is 1. The minimum atomic E-state index is -1.18. The first-order valence-corrected chi connectivity index (χ1v) is 5.07. The van der Waals surface area contributed by atoms with Crippen LogP contribution >= 0.6 is 0 Å². The molecule has 16 heavy (non-hydrogen) atoms. The Morgan fingerprint density at radius 3 is 2.44 bits per heavy atom. The molecule has 0 aromatic carbocycles. The van der Waals surface area contributed by atoms with Crippen molar-refractivity contribution in [1.82, 2.24) is 4.90 Å². The molecule has 5 nitrogen and oxygen atoms in total. The number of nitrogens with zero attached hydrogens (tertiary/aromatic N) is 1. The van der Waals surface area contributed by atoms with Crippen LogP contribution in [0.4, 0.5) is 0 Å². The lowest BCUT2D eigenvalue weighted by Crippen LogP contribution is -2.34. The highest BCUT2D eigenvalue weighted by Crippen LogP contribution is 2.12. The summed E-state index contributed by atoms with van der Waals surface area (Å²) in [5.41, 5.74) is 0. The molecule has 0 fully saturated rings. The van der Waals surface area contributed by atoms with Crippen molar-refractivity contribution in [3.8, 4) is 0 Å². The summed E-state index contributed by atoms with van der Waals surface area (Å²) in [5, 5.41) is 8.66. The Morgan fingerprint density at radius 2 is 2.00 bits per heavy atom. The molecule has 1 amide bonds. The average molecular weight is 225 g/mol. The first-order valence-electron chi connectivity index (χ1n) is 5.07. The van der Waals surface area contributed by atoms with Gasteiger partial charge in [-0.05, 0) is 25.5 Å². The van der Waals surface area contributed by atoms with Crippen molar-refractivity contribution in [3.05, 3.63) is 23.7 Å². The number of carbonyl (C=O) groups is 2. The van der Waals surface area contributed by atoms with E-state index in [1.54, 1.807) is 7.05 Å². The fraction of sp³-hybridized carbons (Fsp3) is 0.455.